The quantitative estimate of drug-likeness (QED) is 0.749. The number of anilines is 1. The molecule has 6 heteroatoms. The van der Waals surface area contributed by atoms with Crippen LogP contribution in [0.1, 0.15) is 16.1 Å². The number of ether oxygens (including phenoxy) is 1. The number of nitrogens with two attached hydrogens (primary N) is 1. The molecule has 0 unspecified atom stereocenters. The summed E-state index contributed by atoms with van der Waals surface area (Å²) in [6.07, 6.45) is 1.44. The van der Waals surface area contributed by atoms with E-state index in [4.69, 9.17) is 15.6 Å². The molecule has 0 spiro atoms. The first-order valence-electron chi connectivity index (χ1n) is 7.27. The number of nitrogens with zero attached hydrogens (tertiary/aromatic N) is 2. The van der Waals surface area contributed by atoms with Gasteiger partial charge in [-0.25, -0.2) is 14.8 Å². The minimum absolute atomic E-state index is 0.117. The smallest absolute Gasteiger partial charge is 0.358 e. The van der Waals surface area contributed by atoms with Crippen molar-refractivity contribution in [3.8, 4) is 17.0 Å². The Bertz CT molecular complexity index is 866. The second-order valence-corrected chi connectivity index (χ2v) is 5.06. The van der Waals surface area contributed by atoms with Gasteiger partial charge in [-0.1, -0.05) is 42.5 Å². The van der Waals surface area contributed by atoms with E-state index in [2.05, 4.69) is 9.97 Å². The summed E-state index contributed by atoms with van der Waals surface area (Å²) in [5.41, 5.74) is 7.36. The normalized spacial score (nSPS) is 10.3. The van der Waals surface area contributed by atoms with Gasteiger partial charge in [0.15, 0.2) is 11.5 Å². The second-order valence-electron chi connectivity index (χ2n) is 5.06. The molecule has 120 valence electrons. The Hall–Kier alpha value is -3.41. The van der Waals surface area contributed by atoms with Crippen LogP contribution in [-0.4, -0.2) is 21.0 Å². The Morgan fingerprint density at radius 1 is 1.08 bits per heavy atom. The number of carbonyl (C=O) groups is 1. The summed E-state index contributed by atoms with van der Waals surface area (Å²) in [7, 11) is 0. The van der Waals surface area contributed by atoms with Crippen molar-refractivity contribution in [2.75, 3.05) is 5.73 Å². The van der Waals surface area contributed by atoms with Crippen molar-refractivity contribution in [2.45, 2.75) is 6.61 Å². The van der Waals surface area contributed by atoms with E-state index in [-0.39, 0.29) is 11.5 Å². The second kappa shape index (κ2) is 6.78. The molecule has 0 radical (unpaired) electrons. The summed E-state index contributed by atoms with van der Waals surface area (Å²) >= 11 is 0. The highest BCUT2D eigenvalue weighted by Crippen LogP contribution is 2.29. The number of para-hydroxylation sites is 1. The van der Waals surface area contributed by atoms with Crippen molar-refractivity contribution >= 4 is 11.8 Å². The van der Waals surface area contributed by atoms with Crippen LogP contribution >= 0.6 is 0 Å². The molecule has 24 heavy (non-hydrogen) atoms. The fraction of sp³-hybridized carbons (Fsp3) is 0.0556. The molecule has 3 rings (SSSR count). The third-order valence-corrected chi connectivity index (χ3v) is 3.40. The van der Waals surface area contributed by atoms with Crippen LogP contribution in [0.4, 0.5) is 5.82 Å². The highest BCUT2D eigenvalue weighted by Gasteiger charge is 2.15. The van der Waals surface area contributed by atoms with Crippen molar-refractivity contribution in [1.29, 1.82) is 0 Å². The van der Waals surface area contributed by atoms with Crippen molar-refractivity contribution in [3.63, 3.8) is 0 Å². The lowest BCUT2D eigenvalue weighted by molar-refractivity contribution is 0.0691. The van der Waals surface area contributed by atoms with E-state index in [9.17, 15) is 4.79 Å². The van der Waals surface area contributed by atoms with Crippen molar-refractivity contribution in [2.24, 2.45) is 0 Å². The van der Waals surface area contributed by atoms with Gasteiger partial charge in [0, 0.05) is 5.56 Å². The lowest BCUT2D eigenvalue weighted by Gasteiger charge is -2.11. The van der Waals surface area contributed by atoms with Crippen LogP contribution in [0.3, 0.4) is 0 Å². The maximum atomic E-state index is 11.2. The Kier molecular flexibility index (Phi) is 4.38. The Balaban J connectivity index is 1.92. The fourth-order valence-corrected chi connectivity index (χ4v) is 2.23. The first-order chi connectivity index (χ1) is 11.6. The van der Waals surface area contributed by atoms with Gasteiger partial charge >= 0.3 is 5.97 Å². The maximum absolute atomic E-state index is 11.2. The highest BCUT2D eigenvalue weighted by molar-refractivity contribution is 5.91. The molecule has 0 saturated heterocycles. The molecule has 1 heterocycles. The molecule has 0 aliphatic carbocycles. The average molecular weight is 321 g/mol. The zero-order valence-electron chi connectivity index (χ0n) is 12.7. The van der Waals surface area contributed by atoms with Crippen molar-refractivity contribution in [3.05, 3.63) is 72.1 Å². The van der Waals surface area contributed by atoms with Gasteiger partial charge < -0.3 is 15.6 Å². The molecule has 0 atom stereocenters. The van der Waals surface area contributed by atoms with Gasteiger partial charge in [0.1, 0.15) is 12.4 Å². The van der Waals surface area contributed by atoms with Crippen LogP contribution < -0.4 is 10.5 Å². The highest BCUT2D eigenvalue weighted by atomic mass is 16.5. The molecule has 6 nitrogen and oxygen atoms in total. The first-order valence-corrected chi connectivity index (χ1v) is 7.27. The monoisotopic (exact) mass is 321 g/mol. The van der Waals surface area contributed by atoms with E-state index in [1.54, 1.807) is 12.1 Å². The standard InChI is InChI=1S/C18H15N3O3/c19-17-16(18(22)23)21-14(10-20-17)13-8-4-5-9-15(13)24-11-12-6-2-1-3-7-12/h1-10H,11H2,(H2,19,20)(H,22,23). The molecule has 2 aromatic carbocycles. The zero-order valence-corrected chi connectivity index (χ0v) is 12.7. The molecule has 1 aromatic heterocycles. The number of carboxylic acid groups (broad SMARTS) is 1. The molecule has 0 aliphatic rings. The molecule has 0 saturated carbocycles. The number of nitrogen functional groups attached to an aromatic ring is 1. The van der Waals surface area contributed by atoms with Crippen LogP contribution in [-0.2, 0) is 6.61 Å². The Morgan fingerprint density at radius 3 is 2.54 bits per heavy atom. The van der Waals surface area contributed by atoms with E-state index >= 15 is 0 Å². The molecule has 0 bridgehead atoms. The number of carboxylic acids is 1. The van der Waals surface area contributed by atoms with Crippen LogP contribution in [0.2, 0.25) is 0 Å². The Morgan fingerprint density at radius 2 is 1.79 bits per heavy atom. The third-order valence-electron chi connectivity index (χ3n) is 3.40. The summed E-state index contributed by atoms with van der Waals surface area (Å²) < 4.78 is 5.86. The van der Waals surface area contributed by atoms with Gasteiger partial charge in [-0.2, -0.15) is 0 Å². The minimum atomic E-state index is -1.22. The van der Waals surface area contributed by atoms with Crippen LogP contribution in [0.15, 0.2) is 60.8 Å². The van der Waals surface area contributed by atoms with Gasteiger partial charge in [0.25, 0.3) is 0 Å². The van der Waals surface area contributed by atoms with Crippen molar-refractivity contribution in [1.82, 2.24) is 9.97 Å². The number of aromatic carboxylic acids is 1. The topological polar surface area (TPSA) is 98.3 Å². The van der Waals surface area contributed by atoms with E-state index in [0.717, 1.165) is 5.56 Å². The number of rotatable bonds is 5. The van der Waals surface area contributed by atoms with Crippen LogP contribution in [0.25, 0.3) is 11.3 Å². The lowest BCUT2D eigenvalue weighted by atomic mass is 10.1. The van der Waals surface area contributed by atoms with E-state index < -0.39 is 5.97 Å². The van der Waals surface area contributed by atoms with E-state index in [1.807, 2.05) is 42.5 Å². The van der Waals surface area contributed by atoms with Crippen LogP contribution in [0.5, 0.6) is 5.75 Å². The van der Waals surface area contributed by atoms with Gasteiger partial charge in [-0.3, -0.25) is 0 Å². The lowest BCUT2D eigenvalue weighted by Crippen LogP contribution is -2.08. The fourth-order valence-electron chi connectivity index (χ4n) is 2.23. The number of hydrogen-bond donors (Lipinski definition) is 2. The van der Waals surface area contributed by atoms with Crippen molar-refractivity contribution < 1.29 is 14.6 Å². The summed E-state index contributed by atoms with van der Waals surface area (Å²) in [5, 5.41) is 9.14. The average Bonchev–Trinajstić information content (AvgIpc) is 2.61. The number of aromatic nitrogens is 2. The summed E-state index contributed by atoms with van der Waals surface area (Å²) in [5.74, 6) is -0.741. The summed E-state index contributed by atoms with van der Waals surface area (Å²) in [4.78, 5) is 19.2. The summed E-state index contributed by atoms with van der Waals surface area (Å²) in [6, 6.07) is 17.0. The predicted octanol–water partition coefficient (Wildman–Crippen LogP) is 3.00. The first kappa shape index (κ1) is 15.5. The molecule has 0 fully saturated rings. The molecular formula is C18H15N3O3. The number of hydrogen-bond acceptors (Lipinski definition) is 5. The minimum Gasteiger partial charge on any atom is -0.488 e. The van der Waals surface area contributed by atoms with Crippen LogP contribution in [0, 0.1) is 0 Å². The largest absolute Gasteiger partial charge is 0.488 e. The zero-order chi connectivity index (χ0) is 16.9. The molecule has 3 aromatic rings. The van der Waals surface area contributed by atoms with E-state index in [1.165, 1.54) is 6.20 Å². The van der Waals surface area contributed by atoms with Gasteiger partial charge in [0.05, 0.1) is 11.9 Å². The van der Waals surface area contributed by atoms with Gasteiger partial charge in [-0.15, -0.1) is 0 Å². The van der Waals surface area contributed by atoms with E-state index in [0.29, 0.717) is 23.6 Å². The molecule has 0 aliphatic heterocycles. The maximum Gasteiger partial charge on any atom is 0.358 e. The molecule has 3 N–H and O–H groups in total. The predicted molar refractivity (Wildman–Crippen MR) is 89.6 cm³/mol. The van der Waals surface area contributed by atoms with Gasteiger partial charge in [-0.05, 0) is 17.7 Å². The number of benzene rings is 2. The summed E-state index contributed by atoms with van der Waals surface area (Å²) in [6.45, 7) is 0.395. The Labute approximate surface area is 138 Å². The molecule has 0 amide bonds. The van der Waals surface area contributed by atoms with Gasteiger partial charge in [0.2, 0.25) is 0 Å². The third kappa shape index (κ3) is 3.33. The molecular weight excluding hydrogens is 306 g/mol. The SMILES string of the molecule is Nc1ncc(-c2ccccc2OCc2ccccc2)nc1C(=O)O.